The van der Waals surface area contributed by atoms with Crippen LogP contribution in [0.1, 0.15) is 48.1 Å². The number of rotatable bonds is 13. The Bertz CT molecular complexity index is 1780. The summed E-state index contributed by atoms with van der Waals surface area (Å²) in [5, 5.41) is 3.69. The van der Waals surface area contributed by atoms with E-state index in [1.54, 1.807) is 42.5 Å². The Balaban J connectivity index is 1.87. The topological polar surface area (TPSA) is 86.8 Å². The number of nitrogens with zero attached hydrogens (tertiary/aromatic N) is 2. The van der Waals surface area contributed by atoms with Crippen molar-refractivity contribution in [2.75, 3.05) is 10.8 Å². The second-order valence-electron chi connectivity index (χ2n) is 11.9. The number of halogens is 2. The van der Waals surface area contributed by atoms with Gasteiger partial charge in [-0.1, -0.05) is 90.3 Å². The number of hydrogen-bond acceptors (Lipinski definition) is 4. The lowest BCUT2D eigenvalue weighted by atomic mass is 10.0. The number of benzene rings is 4. The summed E-state index contributed by atoms with van der Waals surface area (Å²) in [4.78, 5) is 30.2. The summed E-state index contributed by atoms with van der Waals surface area (Å²) in [6, 6.07) is 25.2. The molecule has 248 valence electrons. The highest BCUT2D eigenvalue weighted by Crippen LogP contribution is 2.30. The lowest BCUT2D eigenvalue weighted by Gasteiger charge is -2.34. The Morgan fingerprint density at radius 2 is 1.40 bits per heavy atom. The molecule has 0 fully saturated rings. The van der Waals surface area contributed by atoms with Crippen molar-refractivity contribution in [1.82, 2.24) is 10.2 Å². The van der Waals surface area contributed by atoms with Gasteiger partial charge in [0.1, 0.15) is 12.6 Å². The van der Waals surface area contributed by atoms with Crippen LogP contribution in [0.5, 0.6) is 0 Å². The summed E-state index contributed by atoms with van der Waals surface area (Å²) in [7, 11) is -4.22. The molecule has 4 aromatic carbocycles. The van der Waals surface area contributed by atoms with Gasteiger partial charge in [0.05, 0.1) is 10.6 Å². The van der Waals surface area contributed by atoms with E-state index in [2.05, 4.69) is 5.32 Å². The molecular weight excluding hydrogens is 653 g/mol. The van der Waals surface area contributed by atoms with Crippen LogP contribution in [0.4, 0.5) is 5.69 Å². The van der Waals surface area contributed by atoms with E-state index < -0.39 is 28.5 Å². The van der Waals surface area contributed by atoms with Gasteiger partial charge in [-0.05, 0) is 87.2 Å². The van der Waals surface area contributed by atoms with Crippen molar-refractivity contribution in [3.8, 4) is 0 Å². The van der Waals surface area contributed by atoms with Crippen LogP contribution in [-0.4, -0.2) is 43.8 Å². The molecule has 0 saturated heterocycles. The Labute approximate surface area is 288 Å². The average molecular weight is 695 g/mol. The van der Waals surface area contributed by atoms with Crippen LogP contribution < -0.4 is 9.62 Å². The minimum absolute atomic E-state index is 0.0473. The van der Waals surface area contributed by atoms with Crippen molar-refractivity contribution in [1.29, 1.82) is 0 Å². The van der Waals surface area contributed by atoms with Crippen molar-refractivity contribution >= 4 is 50.7 Å². The van der Waals surface area contributed by atoms with E-state index in [1.807, 2.05) is 71.0 Å². The van der Waals surface area contributed by atoms with Gasteiger partial charge in [0.15, 0.2) is 0 Å². The molecule has 47 heavy (non-hydrogen) atoms. The summed E-state index contributed by atoms with van der Waals surface area (Å²) in [6.07, 6.45) is 0.870. The number of carbonyl (C=O) groups excluding carboxylic acids is 2. The fourth-order valence-electron chi connectivity index (χ4n) is 5.31. The standard InChI is InChI=1S/C37H41Cl2N3O4S/c1-6-28(5)40-37(44)35(22-29-11-8-7-9-12-29)41(23-32-33(38)13-10-14-34(32)39)36(43)24-42(30-20-26(3)19-27(4)21-30)47(45,46)31-17-15-25(2)16-18-31/h7-21,28,35H,6,22-24H2,1-5H3,(H,40,44)/t28-,35+/m1/s1. The number of anilines is 1. The molecule has 4 aromatic rings. The Morgan fingerprint density at radius 3 is 1.98 bits per heavy atom. The van der Waals surface area contributed by atoms with Crippen molar-refractivity contribution in [2.45, 2.75) is 71.0 Å². The highest BCUT2D eigenvalue weighted by atomic mass is 35.5. The number of hydrogen-bond donors (Lipinski definition) is 1. The molecule has 0 aliphatic rings. The quantitative estimate of drug-likeness (QED) is 0.156. The Kier molecular flexibility index (Phi) is 12.1. The third-order valence-corrected chi connectivity index (χ3v) is 10.5. The molecule has 0 unspecified atom stereocenters. The summed E-state index contributed by atoms with van der Waals surface area (Å²) < 4.78 is 29.7. The fourth-order valence-corrected chi connectivity index (χ4v) is 7.22. The van der Waals surface area contributed by atoms with Crippen molar-refractivity contribution < 1.29 is 18.0 Å². The number of amides is 2. The number of carbonyl (C=O) groups is 2. The molecule has 0 aliphatic carbocycles. The molecule has 0 saturated carbocycles. The lowest BCUT2D eigenvalue weighted by Crippen LogP contribution is -2.54. The molecule has 0 aliphatic heterocycles. The molecule has 0 aromatic heterocycles. The predicted octanol–water partition coefficient (Wildman–Crippen LogP) is 7.67. The van der Waals surface area contributed by atoms with Gasteiger partial charge in [-0.15, -0.1) is 0 Å². The summed E-state index contributed by atoms with van der Waals surface area (Å²) in [5.74, 6) is -0.949. The first kappa shape index (κ1) is 36.0. The zero-order valence-corrected chi connectivity index (χ0v) is 29.7. The summed E-state index contributed by atoms with van der Waals surface area (Å²) in [5.41, 5.74) is 4.21. The zero-order valence-electron chi connectivity index (χ0n) is 27.3. The highest BCUT2D eigenvalue weighted by Gasteiger charge is 2.35. The van der Waals surface area contributed by atoms with Crippen LogP contribution in [0.15, 0.2) is 95.9 Å². The van der Waals surface area contributed by atoms with E-state index in [9.17, 15) is 18.0 Å². The van der Waals surface area contributed by atoms with Gasteiger partial charge >= 0.3 is 0 Å². The molecule has 0 radical (unpaired) electrons. The number of aryl methyl sites for hydroxylation is 3. The van der Waals surface area contributed by atoms with Crippen LogP contribution in [0.3, 0.4) is 0 Å². The van der Waals surface area contributed by atoms with E-state index in [0.29, 0.717) is 27.7 Å². The van der Waals surface area contributed by atoms with Gasteiger partial charge in [0.25, 0.3) is 10.0 Å². The van der Waals surface area contributed by atoms with Crippen molar-refractivity contribution in [3.63, 3.8) is 0 Å². The monoisotopic (exact) mass is 693 g/mol. The number of sulfonamides is 1. The first-order valence-corrected chi connectivity index (χ1v) is 17.7. The number of nitrogens with one attached hydrogen (secondary N) is 1. The minimum atomic E-state index is -4.22. The lowest BCUT2D eigenvalue weighted by molar-refractivity contribution is -0.140. The third-order valence-electron chi connectivity index (χ3n) is 8.04. The van der Waals surface area contributed by atoms with E-state index in [-0.39, 0.29) is 29.8 Å². The summed E-state index contributed by atoms with van der Waals surface area (Å²) >= 11 is 13.2. The van der Waals surface area contributed by atoms with E-state index >= 15 is 0 Å². The Morgan fingerprint density at radius 1 is 0.809 bits per heavy atom. The maximum Gasteiger partial charge on any atom is 0.264 e. The molecule has 0 spiro atoms. The van der Waals surface area contributed by atoms with Crippen LogP contribution >= 0.6 is 23.2 Å². The van der Waals surface area contributed by atoms with Gasteiger partial charge in [0.2, 0.25) is 11.8 Å². The highest BCUT2D eigenvalue weighted by molar-refractivity contribution is 7.92. The van der Waals surface area contributed by atoms with Gasteiger partial charge in [-0.3, -0.25) is 13.9 Å². The maximum atomic E-state index is 14.7. The molecule has 0 bridgehead atoms. The maximum absolute atomic E-state index is 14.7. The minimum Gasteiger partial charge on any atom is -0.352 e. The Hall–Kier alpha value is -3.85. The molecular formula is C37H41Cl2N3O4S. The normalized spacial score (nSPS) is 12.7. The van der Waals surface area contributed by atoms with Gasteiger partial charge in [0, 0.05) is 34.6 Å². The van der Waals surface area contributed by atoms with Crippen molar-refractivity contribution in [3.05, 3.63) is 129 Å². The molecule has 2 atom stereocenters. The van der Waals surface area contributed by atoms with E-state index in [0.717, 1.165) is 26.6 Å². The third kappa shape index (κ3) is 9.15. The van der Waals surface area contributed by atoms with Crippen LogP contribution in [0, 0.1) is 20.8 Å². The fraction of sp³-hybridized carbons (Fsp3) is 0.297. The first-order chi connectivity index (χ1) is 22.3. The second kappa shape index (κ2) is 15.8. The average Bonchev–Trinajstić information content (AvgIpc) is 3.02. The largest absolute Gasteiger partial charge is 0.352 e. The molecule has 0 heterocycles. The SMILES string of the molecule is CC[C@@H](C)NC(=O)[C@H](Cc1ccccc1)N(Cc1c(Cl)cccc1Cl)C(=O)CN(c1cc(C)cc(C)c1)S(=O)(=O)c1ccc(C)cc1. The van der Waals surface area contributed by atoms with E-state index in [4.69, 9.17) is 23.2 Å². The van der Waals surface area contributed by atoms with Gasteiger partial charge < -0.3 is 10.2 Å². The second-order valence-corrected chi connectivity index (χ2v) is 14.6. The molecule has 2 amide bonds. The molecule has 4 rings (SSSR count). The predicted molar refractivity (Wildman–Crippen MR) is 190 cm³/mol. The van der Waals surface area contributed by atoms with Crippen LogP contribution in [0.2, 0.25) is 10.0 Å². The molecule has 10 heteroatoms. The zero-order chi connectivity index (χ0) is 34.3. The van der Waals surface area contributed by atoms with Gasteiger partial charge in [-0.2, -0.15) is 0 Å². The molecule has 1 N–H and O–H groups in total. The van der Waals surface area contributed by atoms with Crippen LogP contribution in [0.25, 0.3) is 0 Å². The van der Waals surface area contributed by atoms with Crippen LogP contribution in [-0.2, 0) is 32.6 Å². The van der Waals surface area contributed by atoms with Gasteiger partial charge in [-0.25, -0.2) is 8.42 Å². The van der Waals surface area contributed by atoms with Crippen molar-refractivity contribution in [2.24, 2.45) is 0 Å². The first-order valence-electron chi connectivity index (χ1n) is 15.5. The summed E-state index contributed by atoms with van der Waals surface area (Å²) in [6.45, 7) is 8.78. The smallest absolute Gasteiger partial charge is 0.264 e. The molecule has 7 nitrogen and oxygen atoms in total. The van der Waals surface area contributed by atoms with E-state index in [1.165, 1.54) is 17.0 Å².